The largest absolute Gasteiger partial charge is 0.378 e. The molecule has 3 heteroatoms. The third kappa shape index (κ3) is 5.04. The van der Waals surface area contributed by atoms with E-state index in [-0.39, 0.29) is 5.91 Å². The van der Waals surface area contributed by atoms with Crippen LogP contribution in [0.5, 0.6) is 0 Å². The van der Waals surface area contributed by atoms with E-state index in [4.69, 9.17) is 0 Å². The molecule has 1 amide bonds. The van der Waals surface area contributed by atoms with Gasteiger partial charge in [-0.25, -0.2) is 0 Å². The van der Waals surface area contributed by atoms with Crippen molar-refractivity contribution in [3.05, 3.63) is 42.0 Å². The van der Waals surface area contributed by atoms with Crippen LogP contribution in [0.2, 0.25) is 0 Å². The molecule has 0 aliphatic heterocycles. The van der Waals surface area contributed by atoms with Crippen molar-refractivity contribution in [2.24, 2.45) is 0 Å². The van der Waals surface area contributed by atoms with E-state index in [1.807, 2.05) is 21.0 Å². The molecule has 0 atom stereocenters. The van der Waals surface area contributed by atoms with Gasteiger partial charge in [-0.15, -0.1) is 0 Å². The number of carbonyl (C=O) groups is 1. The molecule has 1 rings (SSSR count). The summed E-state index contributed by atoms with van der Waals surface area (Å²) in [6.07, 6.45) is 1.30. The summed E-state index contributed by atoms with van der Waals surface area (Å²) in [5, 5.41) is 2.84. The van der Waals surface area contributed by atoms with Crippen molar-refractivity contribution in [1.29, 1.82) is 0 Å². The predicted octanol–water partition coefficient (Wildman–Crippen LogP) is 2.38. The molecule has 0 aliphatic carbocycles. The number of aryl methyl sites for hydroxylation is 1. The first-order chi connectivity index (χ1) is 8.49. The summed E-state index contributed by atoms with van der Waals surface area (Å²) in [6, 6.07) is 8.28. The minimum Gasteiger partial charge on any atom is -0.378 e. The molecule has 0 aliphatic rings. The van der Waals surface area contributed by atoms with Crippen LogP contribution in [0.25, 0.3) is 0 Å². The summed E-state index contributed by atoms with van der Waals surface area (Å²) in [5.41, 5.74) is 3.33. The first-order valence-electron chi connectivity index (χ1n) is 6.16. The summed E-state index contributed by atoms with van der Waals surface area (Å²) in [4.78, 5) is 13.6. The first kappa shape index (κ1) is 14.3. The van der Waals surface area contributed by atoms with E-state index in [0.29, 0.717) is 13.0 Å². The Labute approximate surface area is 109 Å². The van der Waals surface area contributed by atoms with Gasteiger partial charge in [-0.3, -0.25) is 4.79 Å². The number of nitrogens with zero attached hydrogens (tertiary/aromatic N) is 1. The highest BCUT2D eigenvalue weighted by Crippen LogP contribution is 2.13. The second-order valence-electron chi connectivity index (χ2n) is 4.79. The van der Waals surface area contributed by atoms with Crippen LogP contribution in [0.4, 0.5) is 5.69 Å². The highest BCUT2D eigenvalue weighted by Gasteiger charge is 2.02. The molecule has 0 unspecified atom stereocenters. The van der Waals surface area contributed by atoms with Crippen LogP contribution in [0.3, 0.4) is 0 Å². The van der Waals surface area contributed by atoms with Crippen molar-refractivity contribution < 1.29 is 4.79 Å². The van der Waals surface area contributed by atoms with Crippen molar-refractivity contribution in [3.63, 3.8) is 0 Å². The minimum atomic E-state index is 0.0784. The van der Waals surface area contributed by atoms with Crippen LogP contribution in [0.1, 0.15) is 18.9 Å². The predicted molar refractivity (Wildman–Crippen MR) is 76.9 cm³/mol. The first-order valence-corrected chi connectivity index (χ1v) is 6.16. The molecule has 0 bridgehead atoms. The third-order valence-electron chi connectivity index (χ3n) is 2.68. The maximum atomic E-state index is 11.5. The number of carbonyl (C=O) groups excluding carboxylic acids is 1. The van der Waals surface area contributed by atoms with Crippen LogP contribution >= 0.6 is 0 Å². The minimum absolute atomic E-state index is 0.0784. The zero-order chi connectivity index (χ0) is 13.5. The summed E-state index contributed by atoms with van der Waals surface area (Å²) >= 11 is 0. The number of anilines is 1. The van der Waals surface area contributed by atoms with E-state index < -0.39 is 0 Å². The van der Waals surface area contributed by atoms with Gasteiger partial charge in [-0.05, 0) is 31.0 Å². The quantitative estimate of drug-likeness (QED) is 0.782. The van der Waals surface area contributed by atoms with E-state index >= 15 is 0 Å². The Morgan fingerprint density at radius 1 is 1.28 bits per heavy atom. The molecule has 0 saturated heterocycles. The molecule has 1 N–H and O–H groups in total. The standard InChI is InChI=1S/C15H22N2O/c1-12(2)11-16-15(18)10-7-13-5-8-14(9-6-13)17(3)4/h5-6,8-9H,1,7,10-11H2,2-4H3,(H,16,18). The maximum absolute atomic E-state index is 11.5. The van der Waals surface area contributed by atoms with E-state index in [0.717, 1.165) is 12.0 Å². The fourth-order valence-corrected chi connectivity index (χ4v) is 1.56. The van der Waals surface area contributed by atoms with Gasteiger partial charge in [-0.2, -0.15) is 0 Å². The monoisotopic (exact) mass is 246 g/mol. The number of hydrogen-bond acceptors (Lipinski definition) is 2. The molecule has 0 saturated carbocycles. The molecule has 0 fully saturated rings. The third-order valence-corrected chi connectivity index (χ3v) is 2.68. The average Bonchev–Trinajstić information content (AvgIpc) is 2.34. The lowest BCUT2D eigenvalue weighted by molar-refractivity contribution is -0.120. The highest BCUT2D eigenvalue weighted by atomic mass is 16.1. The molecule has 3 nitrogen and oxygen atoms in total. The molecule has 0 heterocycles. The fraction of sp³-hybridized carbons (Fsp3) is 0.400. The van der Waals surface area contributed by atoms with Crippen molar-refractivity contribution >= 4 is 11.6 Å². The molecule has 0 aromatic heterocycles. The Morgan fingerprint density at radius 2 is 1.89 bits per heavy atom. The van der Waals surface area contributed by atoms with Gasteiger partial charge >= 0.3 is 0 Å². The second-order valence-corrected chi connectivity index (χ2v) is 4.79. The average molecular weight is 246 g/mol. The topological polar surface area (TPSA) is 32.3 Å². The molecular weight excluding hydrogens is 224 g/mol. The SMILES string of the molecule is C=C(C)CNC(=O)CCc1ccc(N(C)C)cc1. The number of rotatable bonds is 6. The van der Waals surface area contributed by atoms with Crippen molar-refractivity contribution in [2.75, 3.05) is 25.5 Å². The van der Waals surface area contributed by atoms with Crippen LogP contribution in [0.15, 0.2) is 36.4 Å². The van der Waals surface area contributed by atoms with Gasteiger partial charge in [0, 0.05) is 32.7 Å². The van der Waals surface area contributed by atoms with E-state index in [1.54, 1.807) is 0 Å². The lowest BCUT2D eigenvalue weighted by Gasteiger charge is -2.12. The molecule has 98 valence electrons. The summed E-state index contributed by atoms with van der Waals surface area (Å²) < 4.78 is 0. The highest BCUT2D eigenvalue weighted by molar-refractivity contribution is 5.76. The fourth-order valence-electron chi connectivity index (χ4n) is 1.56. The van der Waals surface area contributed by atoms with Gasteiger partial charge in [0.25, 0.3) is 0 Å². The molecule has 18 heavy (non-hydrogen) atoms. The van der Waals surface area contributed by atoms with E-state index in [9.17, 15) is 4.79 Å². The van der Waals surface area contributed by atoms with Crippen molar-refractivity contribution in [2.45, 2.75) is 19.8 Å². The van der Waals surface area contributed by atoms with Crippen LogP contribution in [-0.4, -0.2) is 26.5 Å². The summed E-state index contributed by atoms with van der Waals surface area (Å²) in [5.74, 6) is 0.0784. The lowest BCUT2D eigenvalue weighted by atomic mass is 10.1. The maximum Gasteiger partial charge on any atom is 0.220 e. The van der Waals surface area contributed by atoms with Crippen molar-refractivity contribution in [3.8, 4) is 0 Å². The summed E-state index contributed by atoms with van der Waals surface area (Å²) in [6.45, 7) is 6.22. The van der Waals surface area contributed by atoms with Crippen molar-refractivity contribution in [1.82, 2.24) is 5.32 Å². The second kappa shape index (κ2) is 6.84. The number of benzene rings is 1. The van der Waals surface area contributed by atoms with Gasteiger partial charge in [0.2, 0.25) is 5.91 Å². The number of amides is 1. The van der Waals surface area contributed by atoms with Gasteiger partial charge in [0.05, 0.1) is 0 Å². The zero-order valence-corrected chi connectivity index (χ0v) is 11.5. The van der Waals surface area contributed by atoms with Gasteiger partial charge in [0.15, 0.2) is 0 Å². The smallest absolute Gasteiger partial charge is 0.220 e. The van der Waals surface area contributed by atoms with Crippen LogP contribution < -0.4 is 10.2 Å². The Hall–Kier alpha value is -1.77. The van der Waals surface area contributed by atoms with Gasteiger partial charge in [0.1, 0.15) is 0 Å². The number of nitrogens with one attached hydrogen (secondary N) is 1. The van der Waals surface area contributed by atoms with E-state index in [2.05, 4.69) is 41.1 Å². The molecule has 1 aromatic carbocycles. The zero-order valence-electron chi connectivity index (χ0n) is 11.5. The van der Waals surface area contributed by atoms with Crippen LogP contribution in [-0.2, 0) is 11.2 Å². The Morgan fingerprint density at radius 3 is 2.39 bits per heavy atom. The Bertz CT molecular complexity index is 407. The van der Waals surface area contributed by atoms with Gasteiger partial charge < -0.3 is 10.2 Å². The number of hydrogen-bond donors (Lipinski definition) is 1. The lowest BCUT2D eigenvalue weighted by Crippen LogP contribution is -2.24. The Balaban J connectivity index is 2.39. The van der Waals surface area contributed by atoms with E-state index in [1.165, 1.54) is 11.3 Å². The van der Waals surface area contributed by atoms with Gasteiger partial charge in [-0.1, -0.05) is 24.3 Å². The van der Waals surface area contributed by atoms with Crippen LogP contribution in [0, 0.1) is 0 Å². The normalized spacial score (nSPS) is 9.94. The Kier molecular flexibility index (Phi) is 5.43. The molecule has 1 aromatic rings. The molecule has 0 radical (unpaired) electrons. The molecular formula is C15H22N2O. The molecule has 0 spiro atoms. The summed E-state index contributed by atoms with van der Waals surface area (Å²) in [7, 11) is 4.03.